The van der Waals surface area contributed by atoms with Crippen LogP contribution in [0.5, 0.6) is 5.75 Å². The van der Waals surface area contributed by atoms with Crippen molar-refractivity contribution in [3.05, 3.63) is 94.8 Å². The topological polar surface area (TPSA) is 80.6 Å². The number of carbonyl (C=O) groups is 2. The van der Waals surface area contributed by atoms with Crippen LogP contribution in [0.4, 0.5) is 0 Å². The van der Waals surface area contributed by atoms with Gasteiger partial charge in [0.15, 0.2) is 0 Å². The number of aromatic nitrogens is 1. The highest BCUT2D eigenvalue weighted by atomic mass is 35.5. The summed E-state index contributed by atoms with van der Waals surface area (Å²) in [7, 11) is 0. The van der Waals surface area contributed by atoms with Crippen LogP contribution in [0, 0.1) is 0 Å². The molecule has 0 aliphatic heterocycles. The Kier molecular flexibility index (Phi) is 5.91. The van der Waals surface area contributed by atoms with E-state index in [-0.39, 0.29) is 5.91 Å². The van der Waals surface area contributed by atoms with E-state index >= 15 is 0 Å². The largest absolute Gasteiger partial charge is 0.423 e. The molecule has 0 atom stereocenters. The molecule has 0 bridgehead atoms. The zero-order chi connectivity index (χ0) is 19.1. The number of hydrogen-bond donors (Lipinski definition) is 1. The lowest BCUT2D eigenvalue weighted by molar-refractivity contribution is 0.0734. The zero-order valence-corrected chi connectivity index (χ0v) is 14.8. The second-order valence-corrected chi connectivity index (χ2v) is 5.78. The molecule has 6 nitrogen and oxygen atoms in total. The fourth-order valence-electron chi connectivity index (χ4n) is 2.14. The van der Waals surface area contributed by atoms with E-state index in [1.54, 1.807) is 60.7 Å². The van der Waals surface area contributed by atoms with Gasteiger partial charge in [-0.15, -0.1) is 0 Å². The highest BCUT2D eigenvalue weighted by Gasteiger charge is 2.11. The van der Waals surface area contributed by atoms with Crippen LogP contribution in [-0.4, -0.2) is 23.1 Å². The molecule has 1 heterocycles. The second-order valence-electron chi connectivity index (χ2n) is 5.37. The van der Waals surface area contributed by atoms with Crippen molar-refractivity contribution >= 4 is 29.7 Å². The molecule has 0 unspecified atom stereocenters. The van der Waals surface area contributed by atoms with E-state index in [1.807, 2.05) is 0 Å². The summed E-state index contributed by atoms with van der Waals surface area (Å²) in [5.74, 6) is -0.497. The van der Waals surface area contributed by atoms with Crippen LogP contribution in [0.15, 0.2) is 78.2 Å². The molecule has 3 aromatic rings. The highest BCUT2D eigenvalue weighted by Crippen LogP contribution is 2.18. The van der Waals surface area contributed by atoms with Crippen LogP contribution < -0.4 is 10.2 Å². The molecule has 0 saturated heterocycles. The number of esters is 1. The number of rotatable bonds is 5. The Labute approximate surface area is 160 Å². The van der Waals surface area contributed by atoms with Gasteiger partial charge in [0.2, 0.25) is 0 Å². The summed E-state index contributed by atoms with van der Waals surface area (Å²) in [5, 5.41) is 4.23. The van der Waals surface area contributed by atoms with Crippen molar-refractivity contribution in [2.45, 2.75) is 0 Å². The number of nitrogens with one attached hydrogen (secondary N) is 1. The van der Waals surface area contributed by atoms with E-state index in [1.165, 1.54) is 18.6 Å². The molecule has 134 valence electrons. The molecule has 0 aliphatic carbocycles. The van der Waals surface area contributed by atoms with Gasteiger partial charge in [-0.1, -0.05) is 23.7 Å². The first-order valence-corrected chi connectivity index (χ1v) is 8.31. The van der Waals surface area contributed by atoms with Crippen molar-refractivity contribution < 1.29 is 14.3 Å². The molecular formula is C20H14ClN3O3. The predicted octanol–water partition coefficient (Wildman–Crippen LogP) is 3.72. The Hall–Kier alpha value is -3.51. The predicted molar refractivity (Wildman–Crippen MR) is 102 cm³/mol. The highest BCUT2D eigenvalue weighted by molar-refractivity contribution is 6.33. The monoisotopic (exact) mass is 379 g/mol. The summed E-state index contributed by atoms with van der Waals surface area (Å²) in [5.41, 5.74) is 3.91. The van der Waals surface area contributed by atoms with Crippen LogP contribution in [0.25, 0.3) is 0 Å². The van der Waals surface area contributed by atoms with Crippen molar-refractivity contribution in [3.63, 3.8) is 0 Å². The molecule has 1 aromatic heterocycles. The average molecular weight is 380 g/mol. The normalized spacial score (nSPS) is 10.6. The number of hydrazone groups is 1. The summed E-state index contributed by atoms with van der Waals surface area (Å²) in [6.45, 7) is 0. The minimum atomic E-state index is -0.536. The van der Waals surface area contributed by atoms with Gasteiger partial charge in [-0.05, 0) is 54.1 Å². The Balaban J connectivity index is 1.58. The lowest BCUT2D eigenvalue weighted by atomic mass is 10.2. The van der Waals surface area contributed by atoms with Gasteiger partial charge in [-0.2, -0.15) is 5.10 Å². The number of benzene rings is 2. The summed E-state index contributed by atoms with van der Waals surface area (Å²) in [6.07, 6.45) is 4.54. The number of nitrogens with zero attached hydrogens (tertiary/aromatic N) is 2. The van der Waals surface area contributed by atoms with Gasteiger partial charge >= 0.3 is 5.97 Å². The van der Waals surface area contributed by atoms with E-state index in [2.05, 4.69) is 15.5 Å². The van der Waals surface area contributed by atoms with Crippen molar-refractivity contribution in [1.29, 1.82) is 0 Å². The molecule has 1 amide bonds. The quantitative estimate of drug-likeness (QED) is 0.317. The van der Waals surface area contributed by atoms with Crippen LogP contribution in [0.2, 0.25) is 5.02 Å². The molecule has 0 radical (unpaired) electrons. The third-order valence-electron chi connectivity index (χ3n) is 3.51. The molecule has 0 spiro atoms. The number of carbonyl (C=O) groups excluding carboxylic acids is 2. The van der Waals surface area contributed by atoms with Crippen LogP contribution >= 0.6 is 11.6 Å². The van der Waals surface area contributed by atoms with Gasteiger partial charge in [-0.25, -0.2) is 10.2 Å². The second kappa shape index (κ2) is 8.73. The van der Waals surface area contributed by atoms with Gasteiger partial charge in [-0.3, -0.25) is 9.78 Å². The first-order valence-electron chi connectivity index (χ1n) is 7.94. The SMILES string of the molecule is O=C(NN=Cc1ccc(OC(=O)c2ccccc2Cl)cc1)c1ccncc1. The summed E-state index contributed by atoms with van der Waals surface area (Å²) in [6, 6.07) is 16.5. The minimum Gasteiger partial charge on any atom is -0.423 e. The molecule has 0 saturated carbocycles. The van der Waals surface area contributed by atoms with Crippen molar-refractivity contribution in [3.8, 4) is 5.75 Å². The Morgan fingerprint density at radius 1 is 1.00 bits per heavy atom. The van der Waals surface area contributed by atoms with Gasteiger partial charge in [0.05, 0.1) is 16.8 Å². The lowest BCUT2D eigenvalue weighted by Gasteiger charge is -2.05. The van der Waals surface area contributed by atoms with Crippen molar-refractivity contribution in [1.82, 2.24) is 10.4 Å². The van der Waals surface area contributed by atoms with Gasteiger partial charge in [0, 0.05) is 18.0 Å². The average Bonchev–Trinajstić information content (AvgIpc) is 2.70. The van der Waals surface area contributed by atoms with Crippen molar-refractivity contribution in [2.75, 3.05) is 0 Å². The first-order chi connectivity index (χ1) is 13.1. The van der Waals surface area contributed by atoms with E-state index in [0.717, 1.165) is 5.56 Å². The molecule has 27 heavy (non-hydrogen) atoms. The number of amides is 1. The van der Waals surface area contributed by atoms with Crippen LogP contribution in [-0.2, 0) is 0 Å². The first kappa shape index (κ1) is 18.3. The number of pyridine rings is 1. The van der Waals surface area contributed by atoms with Crippen LogP contribution in [0.3, 0.4) is 0 Å². The third kappa shape index (κ3) is 4.99. The number of halogens is 1. The lowest BCUT2D eigenvalue weighted by Crippen LogP contribution is -2.17. The smallest absolute Gasteiger partial charge is 0.345 e. The molecular weight excluding hydrogens is 366 g/mol. The maximum Gasteiger partial charge on any atom is 0.345 e. The zero-order valence-electron chi connectivity index (χ0n) is 14.0. The number of hydrogen-bond acceptors (Lipinski definition) is 5. The van der Waals surface area contributed by atoms with Gasteiger partial charge < -0.3 is 4.74 Å². The Bertz CT molecular complexity index is 973. The van der Waals surface area contributed by atoms with Crippen LogP contribution in [0.1, 0.15) is 26.3 Å². The minimum absolute atomic E-state index is 0.295. The molecule has 0 aliphatic rings. The molecule has 2 aromatic carbocycles. The summed E-state index contributed by atoms with van der Waals surface area (Å²) < 4.78 is 5.29. The molecule has 1 N–H and O–H groups in total. The van der Waals surface area contributed by atoms with E-state index < -0.39 is 5.97 Å². The fraction of sp³-hybridized carbons (Fsp3) is 0. The van der Waals surface area contributed by atoms with E-state index in [0.29, 0.717) is 21.9 Å². The molecule has 3 rings (SSSR count). The number of ether oxygens (including phenoxy) is 1. The fourth-order valence-corrected chi connectivity index (χ4v) is 2.36. The van der Waals surface area contributed by atoms with Gasteiger partial charge in [0.1, 0.15) is 5.75 Å². The molecule has 0 fully saturated rings. The maximum absolute atomic E-state index is 12.1. The van der Waals surface area contributed by atoms with Crippen molar-refractivity contribution in [2.24, 2.45) is 5.10 Å². The Morgan fingerprint density at radius 3 is 2.41 bits per heavy atom. The maximum atomic E-state index is 12.1. The van der Waals surface area contributed by atoms with Gasteiger partial charge in [0.25, 0.3) is 5.91 Å². The standard InChI is InChI=1S/C20H14ClN3O3/c21-18-4-2-1-3-17(18)20(26)27-16-7-5-14(6-8-16)13-23-24-19(25)15-9-11-22-12-10-15/h1-13H,(H,24,25). The Morgan fingerprint density at radius 2 is 1.70 bits per heavy atom. The third-order valence-corrected chi connectivity index (χ3v) is 3.84. The van der Waals surface area contributed by atoms with E-state index in [4.69, 9.17) is 16.3 Å². The summed E-state index contributed by atoms with van der Waals surface area (Å²) >= 11 is 5.98. The summed E-state index contributed by atoms with van der Waals surface area (Å²) in [4.78, 5) is 27.8. The molecule has 7 heteroatoms. The van der Waals surface area contributed by atoms with E-state index in [9.17, 15) is 9.59 Å².